The largest absolute Gasteiger partial charge is 0.446 e. The Bertz CT molecular complexity index is 1830. The van der Waals surface area contributed by atoms with E-state index in [2.05, 4.69) is 20.3 Å². The lowest BCUT2D eigenvalue weighted by molar-refractivity contribution is -0.140. The van der Waals surface area contributed by atoms with E-state index in [0.717, 1.165) is 23.4 Å². The van der Waals surface area contributed by atoms with Gasteiger partial charge < -0.3 is 15.0 Å². The number of carbonyl (C=O) groups excluding carboxylic acids is 4. The van der Waals surface area contributed by atoms with Gasteiger partial charge >= 0.3 is 12.3 Å². The Kier molecular flexibility index (Phi) is 9.76. The highest BCUT2D eigenvalue weighted by atomic mass is 32.2. The molecule has 0 spiro atoms. The normalized spacial score (nSPS) is 28.1. The smallest absolute Gasteiger partial charge is 0.416 e. The van der Waals surface area contributed by atoms with Gasteiger partial charge in [-0.2, -0.15) is 13.2 Å². The van der Waals surface area contributed by atoms with E-state index in [0.29, 0.717) is 37.2 Å². The van der Waals surface area contributed by atoms with Gasteiger partial charge in [0.2, 0.25) is 21.8 Å². The molecule has 5 atom stereocenters. The molecule has 3 saturated carbocycles. The molecule has 50 heavy (non-hydrogen) atoms. The zero-order valence-corrected chi connectivity index (χ0v) is 29.1. The quantitative estimate of drug-likeness (QED) is 0.358. The number of aryl methyl sites for hydroxylation is 1. The molecule has 2 aromatic rings. The van der Waals surface area contributed by atoms with Crippen LogP contribution in [0.25, 0.3) is 10.6 Å². The van der Waals surface area contributed by atoms with Crippen LogP contribution in [0.3, 0.4) is 0 Å². The summed E-state index contributed by atoms with van der Waals surface area (Å²) in [6.45, 7) is 2.21. The Morgan fingerprint density at radius 3 is 2.56 bits per heavy atom. The number of rotatable bonds is 6. The number of sulfonamides is 1. The number of aromatic nitrogens is 1. The number of halogens is 3. The number of amides is 4. The van der Waals surface area contributed by atoms with Crippen molar-refractivity contribution in [2.45, 2.75) is 81.4 Å². The second-order valence-electron chi connectivity index (χ2n) is 13.5. The van der Waals surface area contributed by atoms with E-state index >= 15 is 0 Å². The van der Waals surface area contributed by atoms with Crippen LogP contribution in [-0.4, -0.2) is 72.6 Å². The number of benzene rings is 1. The molecule has 5 unspecified atom stereocenters. The van der Waals surface area contributed by atoms with Gasteiger partial charge in [-0.1, -0.05) is 12.2 Å². The van der Waals surface area contributed by atoms with Gasteiger partial charge in [0.05, 0.1) is 28.3 Å². The fraction of sp³-hybridized carbons (Fsp3) is 0.545. The van der Waals surface area contributed by atoms with Gasteiger partial charge in [-0.3, -0.25) is 24.4 Å². The summed E-state index contributed by atoms with van der Waals surface area (Å²) in [5, 5.41) is 4.91. The molecule has 1 aliphatic heterocycles. The van der Waals surface area contributed by atoms with E-state index < -0.39 is 74.3 Å². The Hall–Kier alpha value is -3.99. The lowest BCUT2D eigenvalue weighted by Crippen LogP contribution is -2.54. The van der Waals surface area contributed by atoms with Crippen molar-refractivity contribution in [3.05, 3.63) is 47.0 Å². The number of ether oxygens (including phenoxy) is 1. The van der Waals surface area contributed by atoms with Crippen molar-refractivity contribution < 1.29 is 45.5 Å². The monoisotopic (exact) mass is 737 g/mol. The summed E-state index contributed by atoms with van der Waals surface area (Å²) in [5.41, 5.74) is -2.43. The van der Waals surface area contributed by atoms with Crippen molar-refractivity contribution in [2.24, 2.45) is 17.8 Å². The standard InChI is InChI=1S/C33H38F3N5O7S2/c1-18-17-37-28(49-18)23-11-8-19(33(34,35)36)13-26(23)38-31(45)48-21-14-24-25(15-21)29(43)41(2)12-6-4-3-5-7-20-16-32(20,39-27(24)42)30(44)40-50(46,47)22-9-10-22/h5,7-8,11,13,17,20-22,24-25H,3-4,6,9-10,12,14-16H2,1-2H3,(H,38,45)(H,39,42)(H,40,44)/b7-5-. The maximum atomic E-state index is 13.9. The van der Waals surface area contributed by atoms with E-state index in [1.807, 2.05) is 12.2 Å². The first kappa shape index (κ1) is 35.8. The highest BCUT2D eigenvalue weighted by molar-refractivity contribution is 7.91. The van der Waals surface area contributed by atoms with Crippen LogP contribution in [0, 0.1) is 24.7 Å². The molecule has 0 bridgehead atoms. The molecule has 12 nitrogen and oxygen atoms in total. The van der Waals surface area contributed by atoms with Gasteiger partial charge in [0, 0.05) is 36.1 Å². The fourth-order valence-corrected chi connectivity index (χ4v) is 8.84. The second-order valence-corrected chi connectivity index (χ2v) is 16.7. The third-order valence-corrected chi connectivity index (χ3v) is 12.5. The zero-order valence-electron chi connectivity index (χ0n) is 27.4. The highest BCUT2D eigenvalue weighted by Gasteiger charge is 2.62. The van der Waals surface area contributed by atoms with Gasteiger partial charge in [-0.15, -0.1) is 11.3 Å². The third kappa shape index (κ3) is 7.67. The van der Waals surface area contributed by atoms with E-state index in [1.54, 1.807) is 20.2 Å². The molecule has 3 N–H and O–H groups in total. The lowest BCUT2D eigenvalue weighted by Gasteiger charge is -2.26. The molecule has 1 aromatic heterocycles. The summed E-state index contributed by atoms with van der Waals surface area (Å²) in [7, 11) is -2.29. The summed E-state index contributed by atoms with van der Waals surface area (Å²) in [6, 6.07) is 2.90. The molecule has 0 radical (unpaired) electrons. The van der Waals surface area contributed by atoms with Crippen molar-refractivity contribution in [1.82, 2.24) is 19.9 Å². The molecule has 17 heteroatoms. The third-order valence-electron chi connectivity index (χ3n) is 9.71. The molecule has 270 valence electrons. The first-order chi connectivity index (χ1) is 23.6. The number of hydrogen-bond donors (Lipinski definition) is 3. The molecule has 3 fully saturated rings. The molecule has 0 saturated heterocycles. The van der Waals surface area contributed by atoms with Crippen LogP contribution in [0.5, 0.6) is 0 Å². The first-order valence-electron chi connectivity index (χ1n) is 16.5. The second kappa shape index (κ2) is 13.6. The van der Waals surface area contributed by atoms with Crippen molar-refractivity contribution in [1.29, 1.82) is 0 Å². The van der Waals surface area contributed by atoms with Gasteiger partial charge in [-0.25, -0.2) is 18.2 Å². The Morgan fingerprint density at radius 1 is 1.14 bits per heavy atom. The summed E-state index contributed by atoms with van der Waals surface area (Å²) in [6.07, 6.45) is 1.51. The average molecular weight is 738 g/mol. The van der Waals surface area contributed by atoms with Crippen molar-refractivity contribution in [3.63, 3.8) is 0 Å². The number of carbonyl (C=O) groups is 4. The Morgan fingerprint density at radius 2 is 1.88 bits per heavy atom. The van der Waals surface area contributed by atoms with Crippen molar-refractivity contribution in [2.75, 3.05) is 18.9 Å². The van der Waals surface area contributed by atoms with E-state index in [4.69, 9.17) is 4.74 Å². The molecular formula is C33H38F3N5O7S2. The molecule has 4 aliphatic rings. The van der Waals surface area contributed by atoms with Crippen LogP contribution < -0.4 is 15.4 Å². The number of allylic oxidation sites excluding steroid dienone is 1. The summed E-state index contributed by atoms with van der Waals surface area (Å²) < 4.78 is 73.9. The van der Waals surface area contributed by atoms with Gasteiger partial charge in [0.25, 0.3) is 5.91 Å². The predicted octanol–water partition coefficient (Wildman–Crippen LogP) is 4.76. The highest BCUT2D eigenvalue weighted by Crippen LogP contribution is 2.47. The lowest BCUT2D eigenvalue weighted by atomic mass is 9.93. The van der Waals surface area contributed by atoms with Gasteiger partial charge in [-0.05, 0) is 76.5 Å². The van der Waals surface area contributed by atoms with E-state index in [9.17, 15) is 40.8 Å². The minimum Gasteiger partial charge on any atom is -0.446 e. The van der Waals surface area contributed by atoms with Crippen molar-refractivity contribution in [3.8, 4) is 10.6 Å². The van der Waals surface area contributed by atoms with E-state index in [-0.39, 0.29) is 36.4 Å². The maximum Gasteiger partial charge on any atom is 0.416 e. The number of thiazole rings is 1. The molecule has 2 heterocycles. The molecule has 4 amide bonds. The Balaban J connectivity index is 1.22. The SMILES string of the molecule is Cc1cnc(-c2ccc(C(F)(F)F)cc2NC(=O)OC2CC3C(=O)NC4(C(=O)NS(=O)(=O)C5CC5)CC4/C=C\CCCCN(C)C(=O)C3C2)s1. The molecule has 1 aromatic carbocycles. The van der Waals surface area contributed by atoms with Crippen LogP contribution >= 0.6 is 11.3 Å². The number of hydrogen-bond acceptors (Lipinski definition) is 9. The molecule has 6 rings (SSSR count). The van der Waals surface area contributed by atoms with Crippen LogP contribution in [0.2, 0.25) is 0 Å². The van der Waals surface area contributed by atoms with Crippen molar-refractivity contribution >= 4 is 50.9 Å². The average Bonchev–Trinajstić information content (AvgIpc) is 3.93. The topological polar surface area (TPSA) is 164 Å². The minimum absolute atomic E-state index is 0.0472. The summed E-state index contributed by atoms with van der Waals surface area (Å²) in [4.78, 5) is 60.8. The molecular weight excluding hydrogens is 700 g/mol. The number of nitrogens with zero attached hydrogens (tertiary/aromatic N) is 2. The fourth-order valence-electron chi connectivity index (χ4n) is 6.67. The van der Waals surface area contributed by atoms with Gasteiger partial charge in [0.1, 0.15) is 16.7 Å². The first-order valence-corrected chi connectivity index (χ1v) is 18.8. The van der Waals surface area contributed by atoms with Crippen LogP contribution in [0.4, 0.5) is 23.7 Å². The van der Waals surface area contributed by atoms with Crippen LogP contribution in [-0.2, 0) is 35.3 Å². The van der Waals surface area contributed by atoms with Crippen LogP contribution in [0.15, 0.2) is 36.5 Å². The number of alkyl halides is 3. The molecule has 3 aliphatic carbocycles. The maximum absolute atomic E-state index is 13.9. The van der Waals surface area contributed by atoms with E-state index in [1.165, 1.54) is 22.3 Å². The van der Waals surface area contributed by atoms with Gasteiger partial charge in [0.15, 0.2) is 0 Å². The number of fused-ring (bicyclic) bond motifs is 2. The Labute approximate surface area is 291 Å². The summed E-state index contributed by atoms with van der Waals surface area (Å²) in [5.74, 6) is -4.28. The predicted molar refractivity (Wildman–Crippen MR) is 177 cm³/mol. The number of nitrogens with one attached hydrogen (secondary N) is 3. The van der Waals surface area contributed by atoms with Crippen LogP contribution in [0.1, 0.15) is 61.8 Å². The zero-order chi connectivity index (χ0) is 36.0. The minimum atomic E-state index is -4.69. The number of anilines is 1. The summed E-state index contributed by atoms with van der Waals surface area (Å²) >= 11 is 1.23.